The molecular weight excluding hydrogens is 250 g/mol. The van der Waals surface area contributed by atoms with Crippen LogP contribution in [0.15, 0.2) is 6.07 Å². The summed E-state index contributed by atoms with van der Waals surface area (Å²) in [6.07, 6.45) is 3.14. The number of Topliss-reactive ketones (excluding diaryl/α,β-unsaturated/α-hetero) is 1. The molecule has 0 spiro atoms. The van der Waals surface area contributed by atoms with Gasteiger partial charge < -0.3 is 9.30 Å². The van der Waals surface area contributed by atoms with E-state index in [1.54, 1.807) is 0 Å². The Bertz CT molecular complexity index is 541. The molecule has 1 aliphatic heterocycles. The van der Waals surface area contributed by atoms with Gasteiger partial charge in [0.1, 0.15) is 0 Å². The number of rotatable bonds is 2. The minimum atomic E-state index is 0.0877. The Balaban J connectivity index is 1.94. The lowest BCUT2D eigenvalue weighted by Gasteiger charge is -2.30. The van der Waals surface area contributed by atoms with Gasteiger partial charge in [-0.2, -0.15) is 0 Å². The van der Waals surface area contributed by atoms with Crippen LogP contribution in [0.2, 0.25) is 0 Å². The van der Waals surface area contributed by atoms with Crippen molar-refractivity contribution >= 4 is 5.78 Å². The average molecular weight is 275 g/mol. The van der Waals surface area contributed by atoms with Gasteiger partial charge in [0.2, 0.25) is 0 Å². The molecule has 1 fully saturated rings. The third-order valence-corrected chi connectivity index (χ3v) is 4.95. The predicted octanol–water partition coefficient (Wildman–Crippen LogP) is 3.38. The van der Waals surface area contributed by atoms with E-state index in [-0.39, 0.29) is 5.41 Å². The van der Waals surface area contributed by atoms with Crippen LogP contribution in [-0.2, 0) is 17.7 Å². The predicted molar refractivity (Wildman–Crippen MR) is 79.1 cm³/mol. The van der Waals surface area contributed by atoms with Crippen LogP contribution >= 0.6 is 0 Å². The van der Waals surface area contributed by atoms with Gasteiger partial charge in [-0.25, -0.2) is 0 Å². The zero-order valence-electron chi connectivity index (χ0n) is 13.0. The number of aromatic nitrogens is 1. The Hall–Kier alpha value is -1.09. The van der Waals surface area contributed by atoms with Crippen molar-refractivity contribution < 1.29 is 9.53 Å². The number of hydrogen-bond acceptors (Lipinski definition) is 2. The van der Waals surface area contributed by atoms with Crippen LogP contribution in [0.5, 0.6) is 0 Å². The summed E-state index contributed by atoms with van der Waals surface area (Å²) >= 11 is 0. The van der Waals surface area contributed by atoms with Crippen molar-refractivity contribution in [2.75, 3.05) is 6.61 Å². The van der Waals surface area contributed by atoms with Crippen molar-refractivity contribution in [3.8, 4) is 0 Å². The molecule has 0 amide bonds. The Morgan fingerprint density at radius 1 is 1.40 bits per heavy atom. The Morgan fingerprint density at radius 2 is 2.15 bits per heavy atom. The number of carbonyl (C=O) groups excluding carboxylic acids is 1. The van der Waals surface area contributed by atoms with E-state index in [9.17, 15) is 4.79 Å². The Morgan fingerprint density at radius 3 is 2.80 bits per heavy atom. The van der Waals surface area contributed by atoms with E-state index in [0.29, 0.717) is 24.2 Å². The molecule has 3 rings (SSSR count). The minimum absolute atomic E-state index is 0.0877. The van der Waals surface area contributed by atoms with Gasteiger partial charge in [0.15, 0.2) is 5.78 Å². The van der Waals surface area contributed by atoms with Gasteiger partial charge >= 0.3 is 0 Å². The molecule has 20 heavy (non-hydrogen) atoms. The molecule has 1 aromatic heterocycles. The zero-order chi connectivity index (χ0) is 14.5. The van der Waals surface area contributed by atoms with Gasteiger partial charge in [0, 0.05) is 42.4 Å². The zero-order valence-corrected chi connectivity index (χ0v) is 13.0. The van der Waals surface area contributed by atoms with Crippen LogP contribution in [-0.4, -0.2) is 23.1 Å². The summed E-state index contributed by atoms with van der Waals surface area (Å²) in [6.45, 7) is 10.5. The monoisotopic (exact) mass is 275 g/mol. The first-order chi connectivity index (χ1) is 9.37. The average Bonchev–Trinajstić information content (AvgIpc) is 2.86. The highest BCUT2D eigenvalue weighted by Crippen LogP contribution is 2.37. The molecule has 110 valence electrons. The van der Waals surface area contributed by atoms with Crippen molar-refractivity contribution in [2.24, 2.45) is 11.3 Å². The second kappa shape index (κ2) is 4.73. The van der Waals surface area contributed by atoms with Gasteiger partial charge in [-0.05, 0) is 38.2 Å². The Kier molecular flexibility index (Phi) is 3.28. The molecule has 3 heteroatoms. The summed E-state index contributed by atoms with van der Waals surface area (Å²) in [5.41, 5.74) is 3.53. The first kappa shape index (κ1) is 13.9. The van der Waals surface area contributed by atoms with Crippen LogP contribution in [0.3, 0.4) is 0 Å². The lowest BCUT2D eigenvalue weighted by molar-refractivity contribution is 0.0907. The molecular formula is C17H25NO2. The van der Waals surface area contributed by atoms with E-state index in [1.807, 2.05) is 0 Å². The highest BCUT2D eigenvalue weighted by Gasteiger charge is 2.35. The smallest absolute Gasteiger partial charge is 0.165 e. The van der Waals surface area contributed by atoms with Gasteiger partial charge in [0.25, 0.3) is 0 Å². The second-order valence-electron chi connectivity index (χ2n) is 7.32. The molecule has 0 N–H and O–H groups in total. The molecule has 0 radical (unpaired) electrons. The topological polar surface area (TPSA) is 31.2 Å². The SMILES string of the molecule is Cc1cc2c(n1CC1CCOC1C)CC(C)(C)CC2=O. The molecule has 2 heterocycles. The first-order valence-electron chi connectivity index (χ1n) is 7.71. The fraction of sp³-hybridized carbons (Fsp3) is 0.706. The Labute approximate surface area is 121 Å². The molecule has 0 bridgehead atoms. The van der Waals surface area contributed by atoms with E-state index < -0.39 is 0 Å². The summed E-state index contributed by atoms with van der Waals surface area (Å²) in [5.74, 6) is 0.888. The van der Waals surface area contributed by atoms with E-state index in [0.717, 1.165) is 31.6 Å². The van der Waals surface area contributed by atoms with Gasteiger partial charge in [-0.15, -0.1) is 0 Å². The number of carbonyl (C=O) groups is 1. The van der Waals surface area contributed by atoms with Gasteiger partial charge in [-0.3, -0.25) is 4.79 Å². The summed E-state index contributed by atoms with van der Waals surface area (Å²) in [7, 11) is 0. The quantitative estimate of drug-likeness (QED) is 0.828. The van der Waals surface area contributed by atoms with Crippen LogP contribution in [0, 0.1) is 18.3 Å². The highest BCUT2D eigenvalue weighted by atomic mass is 16.5. The maximum absolute atomic E-state index is 12.3. The first-order valence-corrected chi connectivity index (χ1v) is 7.71. The van der Waals surface area contributed by atoms with Crippen LogP contribution in [0.25, 0.3) is 0 Å². The summed E-state index contributed by atoms with van der Waals surface area (Å²) in [5, 5.41) is 0. The fourth-order valence-electron chi connectivity index (χ4n) is 3.71. The largest absolute Gasteiger partial charge is 0.378 e. The lowest BCUT2D eigenvalue weighted by Crippen LogP contribution is -2.29. The molecule has 2 unspecified atom stereocenters. The molecule has 2 atom stereocenters. The molecule has 0 saturated carbocycles. The van der Waals surface area contributed by atoms with Crippen LogP contribution in [0.1, 0.15) is 55.4 Å². The van der Waals surface area contributed by atoms with Crippen molar-refractivity contribution in [1.29, 1.82) is 0 Å². The molecule has 3 nitrogen and oxygen atoms in total. The van der Waals surface area contributed by atoms with Crippen LogP contribution in [0.4, 0.5) is 0 Å². The lowest BCUT2D eigenvalue weighted by atomic mass is 9.76. The standard InChI is InChI=1S/C17H25NO2/c1-11-7-14-15(8-17(3,4)9-16(14)19)18(11)10-13-5-6-20-12(13)2/h7,12-13H,5-6,8-10H2,1-4H3. The number of fused-ring (bicyclic) bond motifs is 1. The van der Waals surface area contributed by atoms with E-state index in [1.165, 1.54) is 11.4 Å². The van der Waals surface area contributed by atoms with Crippen molar-refractivity contribution in [1.82, 2.24) is 4.57 Å². The van der Waals surface area contributed by atoms with Crippen molar-refractivity contribution in [2.45, 2.75) is 59.6 Å². The normalized spacial score (nSPS) is 28.7. The molecule has 1 saturated heterocycles. The maximum atomic E-state index is 12.3. The number of ether oxygens (including phenoxy) is 1. The second-order valence-corrected chi connectivity index (χ2v) is 7.32. The van der Waals surface area contributed by atoms with Crippen LogP contribution < -0.4 is 0 Å². The van der Waals surface area contributed by atoms with E-state index in [4.69, 9.17) is 4.74 Å². The molecule has 2 aliphatic rings. The minimum Gasteiger partial charge on any atom is -0.378 e. The molecule has 1 aliphatic carbocycles. The fourth-order valence-corrected chi connectivity index (χ4v) is 3.71. The number of hydrogen-bond donors (Lipinski definition) is 0. The summed E-state index contributed by atoms with van der Waals surface area (Å²) in [4.78, 5) is 12.3. The summed E-state index contributed by atoms with van der Waals surface area (Å²) < 4.78 is 8.06. The van der Waals surface area contributed by atoms with E-state index >= 15 is 0 Å². The van der Waals surface area contributed by atoms with Crippen molar-refractivity contribution in [3.63, 3.8) is 0 Å². The third kappa shape index (κ3) is 2.32. The third-order valence-electron chi connectivity index (χ3n) is 4.95. The summed E-state index contributed by atoms with van der Waals surface area (Å²) in [6, 6.07) is 2.09. The van der Waals surface area contributed by atoms with Crippen molar-refractivity contribution in [3.05, 3.63) is 23.0 Å². The number of aryl methyl sites for hydroxylation is 1. The van der Waals surface area contributed by atoms with Gasteiger partial charge in [0.05, 0.1) is 6.10 Å². The number of nitrogens with zero attached hydrogens (tertiary/aromatic N) is 1. The maximum Gasteiger partial charge on any atom is 0.165 e. The van der Waals surface area contributed by atoms with Gasteiger partial charge in [-0.1, -0.05) is 13.8 Å². The molecule has 1 aromatic rings. The van der Waals surface area contributed by atoms with E-state index in [2.05, 4.69) is 38.3 Å². The number of ketones is 1. The highest BCUT2D eigenvalue weighted by molar-refractivity contribution is 5.99. The molecule has 0 aromatic carbocycles.